The monoisotopic (exact) mass is 438 g/mol. The highest BCUT2D eigenvalue weighted by atomic mass is 79.9. The van der Waals surface area contributed by atoms with E-state index in [0.29, 0.717) is 21.5 Å². The van der Waals surface area contributed by atoms with Crippen molar-refractivity contribution in [2.45, 2.75) is 19.8 Å². The lowest BCUT2D eigenvalue weighted by Gasteiger charge is -2.24. The van der Waals surface area contributed by atoms with E-state index in [2.05, 4.69) is 38.3 Å². The fraction of sp³-hybridized carbons (Fsp3) is 0.143. The van der Waals surface area contributed by atoms with Crippen LogP contribution in [0.3, 0.4) is 0 Å². The number of aromatic amines is 1. The number of aryl methyl sites for hydroxylation is 2. The molecule has 0 amide bonds. The Morgan fingerprint density at radius 1 is 1.21 bits per heavy atom. The molecule has 5 nitrogen and oxygen atoms in total. The van der Waals surface area contributed by atoms with E-state index >= 15 is 0 Å². The lowest BCUT2D eigenvalue weighted by Crippen LogP contribution is -2.21. The maximum absolute atomic E-state index is 13.8. The van der Waals surface area contributed by atoms with Gasteiger partial charge in [0.2, 0.25) is 11.8 Å². The molecule has 1 unspecified atom stereocenters. The van der Waals surface area contributed by atoms with Crippen LogP contribution in [0.25, 0.3) is 11.3 Å². The quantitative estimate of drug-likeness (QED) is 0.600. The molecule has 0 bridgehead atoms. The Labute approximate surface area is 169 Å². The highest BCUT2D eigenvalue weighted by molar-refractivity contribution is 9.10. The molecule has 1 aliphatic rings. The van der Waals surface area contributed by atoms with Crippen LogP contribution in [0.4, 0.5) is 4.39 Å². The first kappa shape index (κ1) is 18.3. The smallest absolute Gasteiger partial charge is 0.244 e. The van der Waals surface area contributed by atoms with Gasteiger partial charge < -0.3 is 10.5 Å². The molecule has 1 aromatic heterocycles. The summed E-state index contributed by atoms with van der Waals surface area (Å²) in [6, 6.07) is 12.9. The Morgan fingerprint density at radius 2 is 2.00 bits per heavy atom. The molecule has 0 spiro atoms. The van der Waals surface area contributed by atoms with Crippen molar-refractivity contribution in [3.05, 3.63) is 80.4 Å². The standard InChI is InChI=1S/C21H16BrFN4O/c1-10-3-4-13(7-11(10)2)19-18-17(12-5-6-16(23)15(22)8-12)14(9-24)20(25)28-21(18)27-26-19/h3-8,17H,25H2,1-2H3,(H,26,27). The Morgan fingerprint density at radius 3 is 2.68 bits per heavy atom. The van der Waals surface area contributed by atoms with Crippen LogP contribution in [0.1, 0.15) is 28.2 Å². The van der Waals surface area contributed by atoms with Crippen molar-refractivity contribution in [3.8, 4) is 23.2 Å². The second-order valence-corrected chi connectivity index (χ2v) is 7.57. The van der Waals surface area contributed by atoms with Crippen LogP contribution in [0.15, 0.2) is 52.3 Å². The van der Waals surface area contributed by atoms with E-state index in [-0.39, 0.29) is 17.3 Å². The molecule has 0 aliphatic carbocycles. The van der Waals surface area contributed by atoms with Gasteiger partial charge in [-0.15, -0.1) is 5.10 Å². The summed E-state index contributed by atoms with van der Waals surface area (Å²) < 4.78 is 19.7. The normalized spacial score (nSPS) is 15.8. The Hall–Kier alpha value is -3.11. The summed E-state index contributed by atoms with van der Waals surface area (Å²) in [4.78, 5) is 0. The highest BCUT2D eigenvalue weighted by Gasteiger charge is 2.35. The van der Waals surface area contributed by atoms with Gasteiger partial charge in [-0.2, -0.15) is 5.26 Å². The van der Waals surface area contributed by atoms with Crippen molar-refractivity contribution < 1.29 is 9.13 Å². The van der Waals surface area contributed by atoms with Crippen molar-refractivity contribution in [1.29, 1.82) is 5.26 Å². The zero-order valence-electron chi connectivity index (χ0n) is 15.2. The largest absolute Gasteiger partial charge is 0.420 e. The van der Waals surface area contributed by atoms with Crippen molar-refractivity contribution >= 4 is 15.9 Å². The zero-order valence-corrected chi connectivity index (χ0v) is 16.8. The van der Waals surface area contributed by atoms with Gasteiger partial charge >= 0.3 is 0 Å². The first-order valence-corrected chi connectivity index (χ1v) is 9.38. The lowest BCUT2D eigenvalue weighted by atomic mass is 9.83. The molecule has 140 valence electrons. The number of H-pyrrole nitrogens is 1. The van der Waals surface area contributed by atoms with Crippen molar-refractivity contribution in [3.63, 3.8) is 0 Å². The number of nitrogens with zero attached hydrogens (tertiary/aromatic N) is 2. The van der Waals surface area contributed by atoms with Crippen LogP contribution >= 0.6 is 15.9 Å². The van der Waals surface area contributed by atoms with E-state index in [1.165, 1.54) is 11.6 Å². The van der Waals surface area contributed by atoms with E-state index < -0.39 is 5.92 Å². The molecule has 0 radical (unpaired) electrons. The molecule has 0 saturated heterocycles. The average Bonchev–Trinajstić information content (AvgIpc) is 3.08. The summed E-state index contributed by atoms with van der Waals surface area (Å²) in [6.45, 7) is 4.08. The number of benzene rings is 2. The van der Waals surface area contributed by atoms with Crippen molar-refractivity contribution in [2.24, 2.45) is 5.73 Å². The fourth-order valence-electron chi connectivity index (χ4n) is 3.39. The summed E-state index contributed by atoms with van der Waals surface area (Å²) >= 11 is 3.22. The number of halogens is 2. The topological polar surface area (TPSA) is 87.7 Å². The van der Waals surface area contributed by atoms with Gasteiger partial charge in [0.15, 0.2) is 0 Å². The van der Waals surface area contributed by atoms with Crippen LogP contribution in [-0.4, -0.2) is 10.2 Å². The summed E-state index contributed by atoms with van der Waals surface area (Å²) in [5.74, 6) is -0.595. The van der Waals surface area contributed by atoms with Gasteiger partial charge in [0.1, 0.15) is 17.5 Å². The Kier molecular flexibility index (Phi) is 4.44. The SMILES string of the molecule is Cc1ccc(-c2[nH]nc3c2C(c2ccc(F)c(Br)c2)C(C#N)=C(N)O3)cc1C. The van der Waals surface area contributed by atoms with Crippen LogP contribution in [-0.2, 0) is 0 Å². The van der Waals surface area contributed by atoms with Gasteiger partial charge in [-0.25, -0.2) is 4.39 Å². The number of allylic oxidation sites excluding steroid dienone is 1. The van der Waals surface area contributed by atoms with Gasteiger partial charge in [0, 0.05) is 5.56 Å². The predicted molar refractivity (Wildman–Crippen MR) is 107 cm³/mol. The van der Waals surface area contributed by atoms with Gasteiger partial charge in [0.25, 0.3) is 0 Å². The van der Waals surface area contributed by atoms with Crippen LogP contribution in [0.2, 0.25) is 0 Å². The fourth-order valence-corrected chi connectivity index (χ4v) is 3.78. The molecule has 7 heteroatoms. The van der Waals surface area contributed by atoms with Gasteiger partial charge in [0.05, 0.1) is 21.6 Å². The number of fused-ring (bicyclic) bond motifs is 1. The summed E-state index contributed by atoms with van der Waals surface area (Å²) in [7, 11) is 0. The summed E-state index contributed by atoms with van der Waals surface area (Å²) in [6.07, 6.45) is 0. The van der Waals surface area contributed by atoms with Gasteiger partial charge in [-0.05, 0) is 64.7 Å². The minimum absolute atomic E-state index is 0.00131. The highest BCUT2D eigenvalue weighted by Crippen LogP contribution is 2.46. The molecule has 2 aromatic carbocycles. The summed E-state index contributed by atoms with van der Waals surface area (Å²) in [5, 5.41) is 17.0. The van der Waals surface area contributed by atoms with Gasteiger partial charge in [-0.1, -0.05) is 18.2 Å². The molecule has 4 rings (SSSR count). The second kappa shape index (κ2) is 6.80. The molecule has 28 heavy (non-hydrogen) atoms. The molecule has 1 atom stereocenters. The maximum atomic E-state index is 13.8. The third kappa shape index (κ3) is 2.86. The number of hydrogen-bond donors (Lipinski definition) is 2. The number of nitrogens with two attached hydrogens (primary N) is 1. The van der Waals surface area contributed by atoms with Gasteiger partial charge in [-0.3, -0.25) is 5.10 Å². The zero-order chi connectivity index (χ0) is 20.0. The number of hydrogen-bond acceptors (Lipinski definition) is 4. The Balaban J connectivity index is 1.96. The number of nitrogens with one attached hydrogen (secondary N) is 1. The van der Waals surface area contributed by atoms with E-state index in [1.54, 1.807) is 12.1 Å². The van der Waals surface area contributed by atoms with Crippen LogP contribution in [0, 0.1) is 31.0 Å². The molecular weight excluding hydrogens is 423 g/mol. The van der Waals surface area contributed by atoms with E-state index in [1.807, 2.05) is 26.0 Å². The first-order valence-electron chi connectivity index (χ1n) is 8.59. The lowest BCUT2D eigenvalue weighted by molar-refractivity contribution is 0.379. The minimum Gasteiger partial charge on any atom is -0.420 e. The molecular formula is C21H16BrFN4O. The van der Waals surface area contributed by atoms with E-state index in [0.717, 1.165) is 16.8 Å². The predicted octanol–water partition coefficient (Wildman–Crippen LogP) is 4.81. The number of nitriles is 1. The molecule has 3 N–H and O–H groups in total. The third-order valence-electron chi connectivity index (χ3n) is 5.01. The number of rotatable bonds is 2. The Bertz CT molecular complexity index is 1180. The van der Waals surface area contributed by atoms with E-state index in [9.17, 15) is 9.65 Å². The molecule has 3 aromatic rings. The molecule has 1 aliphatic heterocycles. The van der Waals surface area contributed by atoms with E-state index in [4.69, 9.17) is 10.5 Å². The van der Waals surface area contributed by atoms with Crippen molar-refractivity contribution in [1.82, 2.24) is 10.2 Å². The third-order valence-corrected chi connectivity index (χ3v) is 5.62. The molecule has 0 saturated carbocycles. The van der Waals surface area contributed by atoms with Crippen molar-refractivity contribution in [2.75, 3.05) is 0 Å². The average molecular weight is 439 g/mol. The number of aromatic nitrogens is 2. The first-order chi connectivity index (χ1) is 13.4. The molecule has 2 heterocycles. The maximum Gasteiger partial charge on any atom is 0.244 e. The van der Waals surface area contributed by atoms with Crippen LogP contribution < -0.4 is 10.5 Å². The molecule has 0 fully saturated rings. The minimum atomic E-state index is -0.527. The number of ether oxygens (including phenoxy) is 1. The summed E-state index contributed by atoms with van der Waals surface area (Å²) in [5.41, 5.74) is 11.6. The van der Waals surface area contributed by atoms with Crippen LogP contribution in [0.5, 0.6) is 5.88 Å². The second-order valence-electron chi connectivity index (χ2n) is 6.71.